The monoisotopic (exact) mass is 381 g/mol. The maximum absolute atomic E-state index is 6.34. The lowest BCUT2D eigenvalue weighted by Crippen LogP contribution is -2.22. The van der Waals surface area contributed by atoms with Gasteiger partial charge in [0.1, 0.15) is 5.82 Å². The summed E-state index contributed by atoms with van der Waals surface area (Å²) < 4.78 is 0. The molecule has 0 fully saturated rings. The molecule has 3 aromatic rings. The van der Waals surface area contributed by atoms with Crippen molar-refractivity contribution in [3.8, 4) is 11.3 Å². The van der Waals surface area contributed by atoms with Gasteiger partial charge in [-0.1, -0.05) is 92.7 Å². The Bertz CT molecular complexity index is 813. The summed E-state index contributed by atoms with van der Waals surface area (Å²) in [5.74, 6) is 0.984. The van der Waals surface area contributed by atoms with Crippen LogP contribution < -0.4 is 5.32 Å². The summed E-state index contributed by atoms with van der Waals surface area (Å²) in [6, 6.07) is 18.6. The van der Waals surface area contributed by atoms with Crippen LogP contribution in [0.4, 0.5) is 0 Å². The van der Waals surface area contributed by atoms with Crippen LogP contribution in [0.2, 0.25) is 5.02 Å². The van der Waals surface area contributed by atoms with Crippen LogP contribution in [0.1, 0.15) is 56.5 Å². The molecule has 0 saturated heterocycles. The van der Waals surface area contributed by atoms with Gasteiger partial charge in [-0.3, -0.25) is 0 Å². The molecule has 3 rings (SSSR count). The fourth-order valence-corrected chi connectivity index (χ4v) is 3.50. The summed E-state index contributed by atoms with van der Waals surface area (Å²) in [4.78, 5) is 8.23. The first-order chi connectivity index (χ1) is 13.3. The number of hydrogen-bond acceptors (Lipinski definition) is 2. The van der Waals surface area contributed by atoms with Crippen LogP contribution in [-0.4, -0.2) is 9.97 Å². The van der Waals surface area contributed by atoms with E-state index in [2.05, 4.69) is 41.5 Å². The highest BCUT2D eigenvalue weighted by Crippen LogP contribution is 2.28. The van der Waals surface area contributed by atoms with E-state index in [0.29, 0.717) is 0 Å². The van der Waals surface area contributed by atoms with Crippen molar-refractivity contribution in [2.24, 2.45) is 0 Å². The number of unbranched alkanes of at least 4 members (excludes halogenated alkanes) is 3. The molecule has 1 atom stereocenters. The number of aromatic nitrogens is 2. The molecule has 0 saturated carbocycles. The second kappa shape index (κ2) is 10.3. The van der Waals surface area contributed by atoms with Crippen LogP contribution in [0.25, 0.3) is 11.3 Å². The van der Waals surface area contributed by atoms with Gasteiger partial charge in [-0.25, -0.2) is 4.98 Å². The maximum Gasteiger partial charge on any atom is 0.124 e. The Labute approximate surface area is 167 Å². The van der Waals surface area contributed by atoms with Gasteiger partial charge in [0.2, 0.25) is 0 Å². The zero-order chi connectivity index (χ0) is 18.9. The summed E-state index contributed by atoms with van der Waals surface area (Å²) in [5.41, 5.74) is 3.15. The van der Waals surface area contributed by atoms with Gasteiger partial charge in [0.15, 0.2) is 0 Å². The molecule has 0 unspecified atom stereocenters. The van der Waals surface area contributed by atoms with E-state index in [4.69, 9.17) is 16.6 Å². The van der Waals surface area contributed by atoms with Gasteiger partial charge in [0.25, 0.3) is 0 Å². The molecule has 27 heavy (non-hydrogen) atoms. The summed E-state index contributed by atoms with van der Waals surface area (Å²) >= 11 is 6.34. The van der Waals surface area contributed by atoms with Gasteiger partial charge < -0.3 is 10.3 Å². The van der Waals surface area contributed by atoms with Gasteiger partial charge in [0, 0.05) is 18.3 Å². The van der Waals surface area contributed by atoms with E-state index in [1.165, 1.54) is 31.2 Å². The van der Waals surface area contributed by atoms with Crippen molar-refractivity contribution < 1.29 is 0 Å². The van der Waals surface area contributed by atoms with Crippen molar-refractivity contribution in [3.05, 3.63) is 77.2 Å². The predicted octanol–water partition coefficient (Wildman–Crippen LogP) is 6.53. The van der Waals surface area contributed by atoms with Crippen LogP contribution in [0, 0.1) is 0 Å². The van der Waals surface area contributed by atoms with Crippen molar-refractivity contribution in [2.45, 2.75) is 51.6 Å². The Morgan fingerprint density at radius 3 is 2.56 bits per heavy atom. The van der Waals surface area contributed by atoms with Gasteiger partial charge in [-0.15, -0.1) is 0 Å². The maximum atomic E-state index is 6.34. The largest absolute Gasteiger partial charge is 0.347 e. The average Bonchev–Trinajstić information content (AvgIpc) is 3.18. The Morgan fingerprint density at radius 1 is 1.00 bits per heavy atom. The van der Waals surface area contributed by atoms with Crippen LogP contribution in [0.15, 0.2) is 60.8 Å². The highest BCUT2D eigenvalue weighted by atomic mass is 35.5. The summed E-state index contributed by atoms with van der Waals surface area (Å²) in [6.45, 7) is 3.08. The number of H-pyrrole nitrogens is 1. The number of benzene rings is 2. The van der Waals surface area contributed by atoms with Crippen molar-refractivity contribution in [2.75, 3.05) is 0 Å². The Kier molecular flexibility index (Phi) is 7.49. The van der Waals surface area contributed by atoms with Gasteiger partial charge >= 0.3 is 0 Å². The fraction of sp³-hybridized carbons (Fsp3) is 0.348. The zero-order valence-corrected chi connectivity index (χ0v) is 16.7. The highest BCUT2D eigenvalue weighted by molar-refractivity contribution is 6.33. The fourth-order valence-electron chi connectivity index (χ4n) is 3.27. The number of hydrogen-bond donors (Lipinski definition) is 2. The number of rotatable bonds is 10. The first-order valence-corrected chi connectivity index (χ1v) is 10.2. The molecule has 3 nitrogen and oxygen atoms in total. The molecule has 0 amide bonds. The third-order valence-corrected chi connectivity index (χ3v) is 5.15. The second-order valence-electron chi connectivity index (χ2n) is 6.92. The number of imidazole rings is 1. The Hall–Kier alpha value is -2.10. The van der Waals surface area contributed by atoms with Crippen molar-refractivity contribution in [1.82, 2.24) is 15.3 Å². The minimum absolute atomic E-state index is 0.207. The number of nitrogens with one attached hydrogen (secondary N) is 2. The van der Waals surface area contributed by atoms with Crippen molar-refractivity contribution >= 4 is 11.6 Å². The minimum atomic E-state index is 0.207. The first kappa shape index (κ1) is 19.7. The molecule has 4 heteroatoms. The third-order valence-electron chi connectivity index (χ3n) is 4.82. The Morgan fingerprint density at radius 2 is 1.78 bits per heavy atom. The molecule has 1 aromatic heterocycles. The summed E-state index contributed by atoms with van der Waals surface area (Å²) in [6.07, 6.45) is 8.02. The Balaban J connectivity index is 1.72. The minimum Gasteiger partial charge on any atom is -0.347 e. The molecule has 142 valence electrons. The molecule has 0 spiro atoms. The van der Waals surface area contributed by atoms with Crippen LogP contribution in [0.3, 0.4) is 0 Å². The molecule has 0 aliphatic rings. The number of halogens is 1. The van der Waals surface area contributed by atoms with Gasteiger partial charge in [0.05, 0.1) is 16.8 Å². The van der Waals surface area contributed by atoms with Crippen LogP contribution in [-0.2, 0) is 6.54 Å². The average molecular weight is 382 g/mol. The third kappa shape index (κ3) is 5.69. The summed E-state index contributed by atoms with van der Waals surface area (Å²) in [7, 11) is 0. The number of nitrogens with zero attached hydrogens (tertiary/aromatic N) is 1. The van der Waals surface area contributed by atoms with Crippen molar-refractivity contribution in [3.63, 3.8) is 0 Å². The lowest BCUT2D eigenvalue weighted by atomic mass is 10.1. The van der Waals surface area contributed by atoms with E-state index in [0.717, 1.165) is 35.1 Å². The lowest BCUT2D eigenvalue weighted by Gasteiger charge is -2.17. The van der Waals surface area contributed by atoms with E-state index >= 15 is 0 Å². The SMILES string of the molecule is CCCCCC[C@@H](NCc1ccccc1)c1nc(-c2ccccc2Cl)c[nH]1. The smallest absolute Gasteiger partial charge is 0.124 e. The zero-order valence-electron chi connectivity index (χ0n) is 15.9. The molecule has 0 aliphatic carbocycles. The van der Waals surface area contributed by atoms with E-state index in [9.17, 15) is 0 Å². The normalized spacial score (nSPS) is 12.2. The second-order valence-corrected chi connectivity index (χ2v) is 7.33. The molecular formula is C23H28ClN3. The molecule has 2 aromatic carbocycles. The molecule has 0 radical (unpaired) electrons. The highest BCUT2D eigenvalue weighted by Gasteiger charge is 2.16. The van der Waals surface area contributed by atoms with Crippen LogP contribution >= 0.6 is 11.6 Å². The van der Waals surface area contributed by atoms with Crippen molar-refractivity contribution in [1.29, 1.82) is 0 Å². The van der Waals surface area contributed by atoms with E-state index in [1.807, 2.05) is 36.5 Å². The molecule has 1 heterocycles. The molecule has 0 bridgehead atoms. The van der Waals surface area contributed by atoms with Gasteiger partial charge in [-0.05, 0) is 18.1 Å². The quantitative estimate of drug-likeness (QED) is 0.392. The number of aromatic amines is 1. The first-order valence-electron chi connectivity index (χ1n) is 9.85. The van der Waals surface area contributed by atoms with Crippen LogP contribution in [0.5, 0.6) is 0 Å². The molecule has 0 aliphatic heterocycles. The summed E-state index contributed by atoms with van der Waals surface area (Å²) in [5, 5.41) is 4.41. The molecular weight excluding hydrogens is 354 g/mol. The molecule has 2 N–H and O–H groups in total. The lowest BCUT2D eigenvalue weighted by molar-refractivity contribution is 0.453. The van der Waals surface area contributed by atoms with E-state index in [-0.39, 0.29) is 6.04 Å². The van der Waals surface area contributed by atoms with E-state index in [1.54, 1.807) is 0 Å². The van der Waals surface area contributed by atoms with E-state index < -0.39 is 0 Å². The topological polar surface area (TPSA) is 40.7 Å². The predicted molar refractivity (Wildman–Crippen MR) is 114 cm³/mol. The van der Waals surface area contributed by atoms with Gasteiger partial charge in [-0.2, -0.15) is 0 Å². The standard InChI is InChI=1S/C23H28ClN3/c1-2-3-4-8-15-21(25-16-18-11-6-5-7-12-18)23-26-17-22(27-23)19-13-9-10-14-20(19)24/h5-7,9-14,17,21,25H,2-4,8,15-16H2,1H3,(H,26,27)/t21-/m1/s1.